The lowest BCUT2D eigenvalue weighted by atomic mass is 9.72. The first-order valence-corrected chi connectivity index (χ1v) is 15.9. The fourth-order valence-electron chi connectivity index (χ4n) is 6.83. The van der Waals surface area contributed by atoms with Crippen molar-refractivity contribution in [3.8, 4) is 0 Å². The summed E-state index contributed by atoms with van der Waals surface area (Å²) >= 11 is 0. The Balaban J connectivity index is 1.68. The van der Waals surface area contributed by atoms with Gasteiger partial charge in [0.15, 0.2) is 12.3 Å². The minimum absolute atomic E-state index is 0.0774. The van der Waals surface area contributed by atoms with Gasteiger partial charge in [-0.1, -0.05) is 46.6 Å². The quantitative estimate of drug-likeness (QED) is 0.181. The summed E-state index contributed by atoms with van der Waals surface area (Å²) in [5.74, 6) is -2.69. The molecule has 3 aliphatic rings. The Morgan fingerprint density at radius 3 is 2.41 bits per heavy atom. The molecule has 3 heterocycles. The van der Waals surface area contributed by atoms with Gasteiger partial charge < -0.3 is 48.7 Å². The van der Waals surface area contributed by atoms with E-state index in [1.54, 1.807) is 20.3 Å². The summed E-state index contributed by atoms with van der Waals surface area (Å²) in [5.41, 5.74) is -0.460. The second kappa shape index (κ2) is 16.3. The van der Waals surface area contributed by atoms with E-state index in [9.17, 15) is 14.7 Å². The second-order valence-electron chi connectivity index (χ2n) is 13.2. The number of hydrogen-bond acceptors (Lipinski definition) is 10. The molecule has 254 valence electrons. The third kappa shape index (κ3) is 8.58. The lowest BCUT2D eigenvalue weighted by Gasteiger charge is -2.54. The highest BCUT2D eigenvalue weighted by atomic mass is 16.7. The largest absolute Gasteiger partial charge is 0.478 e. The maximum Gasteiger partial charge on any atom is 0.327 e. The maximum atomic E-state index is 13.5. The molecule has 1 amide bonds. The molecule has 3 N–H and O–H groups in total. The summed E-state index contributed by atoms with van der Waals surface area (Å²) in [7, 11) is 4.77. The molecule has 12 nitrogen and oxygen atoms in total. The summed E-state index contributed by atoms with van der Waals surface area (Å²) in [6.45, 7) is 10.1. The van der Waals surface area contributed by atoms with Crippen LogP contribution < -0.4 is 5.32 Å². The topological polar surface area (TPSA) is 151 Å². The number of carbonyl (C=O) groups excluding carboxylic acids is 1. The molecule has 0 spiro atoms. The van der Waals surface area contributed by atoms with E-state index < -0.39 is 47.6 Å². The van der Waals surface area contributed by atoms with Gasteiger partial charge in [-0.3, -0.25) is 4.79 Å². The molecule has 0 aromatic heterocycles. The highest BCUT2D eigenvalue weighted by molar-refractivity contribution is 5.82. The van der Waals surface area contributed by atoms with Crippen molar-refractivity contribution in [3.05, 3.63) is 12.2 Å². The molecule has 0 aromatic carbocycles. The molecule has 3 fully saturated rings. The second-order valence-corrected chi connectivity index (χ2v) is 13.2. The van der Waals surface area contributed by atoms with Crippen molar-refractivity contribution in [2.75, 3.05) is 28.1 Å². The average Bonchev–Trinajstić information content (AvgIpc) is 2.98. The number of aliphatic hydroxyl groups excluding tert-OH is 1. The number of aliphatic carboxylic acids is 1. The Bertz CT molecular complexity index is 946. The molecule has 3 rings (SSSR count). The van der Waals surface area contributed by atoms with E-state index in [0.717, 1.165) is 32.1 Å². The molecule has 0 bridgehead atoms. The molecule has 0 saturated carbocycles. The molecule has 3 aliphatic heterocycles. The van der Waals surface area contributed by atoms with E-state index >= 15 is 0 Å². The van der Waals surface area contributed by atoms with Gasteiger partial charge in [-0.15, -0.1) is 0 Å². The van der Waals surface area contributed by atoms with Crippen molar-refractivity contribution < 1.29 is 53.0 Å². The number of unbranched alkanes of at least 4 members (excludes halogenated alkanes) is 3. The SMILES string of the molecule is CO[C@H](CCCCC/C=C/C(=O)O)C[C@H]1O[C@H]2[C@H](OCO[C@H]2NC(=O)[C@@H](O)[C@@]2(OC)CC(C)[C@@H](C)[C@@H](C)O2)[C@@H](OC)C1(C)C. The smallest absolute Gasteiger partial charge is 0.327 e. The standard InChI is InChI=1S/C32H55NO11/c1-19-17-32(40-8,44-21(3)20(19)2)27(36)29(37)33-30-26-25(41-18-42-30)28(39-7)31(4,5)23(43-26)16-22(38-6)14-12-10-9-11-13-15-24(34)35/h13,15,19-23,25-28,30,36H,9-12,14,16-18H2,1-8H3,(H,33,37)(H,34,35)/b15-13+/t19?,20-,21-,22-,23-,25+,26+,27-,28-,30-,32-/m1/s1. The first kappa shape index (κ1) is 36.8. The molecule has 1 unspecified atom stereocenters. The van der Waals surface area contributed by atoms with Gasteiger partial charge in [-0.05, 0) is 38.0 Å². The van der Waals surface area contributed by atoms with Crippen molar-refractivity contribution in [1.29, 1.82) is 0 Å². The normalized spacial score (nSPS) is 36.8. The number of nitrogens with one attached hydrogen (secondary N) is 1. The summed E-state index contributed by atoms with van der Waals surface area (Å²) < 4.78 is 42.1. The predicted molar refractivity (Wildman–Crippen MR) is 161 cm³/mol. The molecule has 3 saturated heterocycles. The molecule has 11 atom stereocenters. The molecule has 0 aliphatic carbocycles. The predicted octanol–water partition coefficient (Wildman–Crippen LogP) is 3.39. The Kier molecular flexibility index (Phi) is 13.6. The molecule has 0 aromatic rings. The number of allylic oxidation sites excluding steroid dienone is 1. The van der Waals surface area contributed by atoms with Gasteiger partial charge in [-0.25, -0.2) is 4.79 Å². The van der Waals surface area contributed by atoms with Gasteiger partial charge in [0.1, 0.15) is 19.0 Å². The van der Waals surface area contributed by atoms with Crippen LogP contribution in [0, 0.1) is 17.3 Å². The zero-order valence-electron chi connectivity index (χ0n) is 27.7. The average molecular weight is 630 g/mol. The molecule has 12 heteroatoms. The van der Waals surface area contributed by atoms with Crippen molar-refractivity contribution in [1.82, 2.24) is 5.32 Å². The highest BCUT2D eigenvalue weighted by Crippen LogP contribution is 2.44. The number of fused-ring (bicyclic) bond motifs is 1. The van der Waals surface area contributed by atoms with Crippen molar-refractivity contribution in [3.63, 3.8) is 0 Å². The van der Waals surface area contributed by atoms with Crippen LogP contribution in [0.4, 0.5) is 0 Å². The van der Waals surface area contributed by atoms with Gasteiger partial charge in [0.25, 0.3) is 5.91 Å². The number of methoxy groups -OCH3 is 3. The highest BCUT2D eigenvalue weighted by Gasteiger charge is 2.57. The number of carboxylic acid groups (broad SMARTS) is 1. The van der Waals surface area contributed by atoms with E-state index in [1.807, 2.05) is 6.92 Å². The summed E-state index contributed by atoms with van der Waals surface area (Å²) in [4.78, 5) is 24.1. The van der Waals surface area contributed by atoms with Crippen LogP contribution in [0.25, 0.3) is 0 Å². The minimum atomic E-state index is -1.60. The molecule has 44 heavy (non-hydrogen) atoms. The van der Waals surface area contributed by atoms with Crippen LogP contribution >= 0.6 is 0 Å². The first-order valence-electron chi connectivity index (χ1n) is 15.9. The van der Waals surface area contributed by atoms with Gasteiger partial charge in [-0.2, -0.15) is 0 Å². The Labute approximate surface area is 262 Å². The number of ether oxygens (including phenoxy) is 7. The van der Waals surface area contributed by atoms with Crippen LogP contribution in [-0.4, -0.2) is 105 Å². The summed E-state index contributed by atoms with van der Waals surface area (Å²) in [6.07, 6.45) is 3.41. The number of aliphatic hydroxyl groups is 1. The number of rotatable bonds is 15. The number of carboxylic acids is 1. The Morgan fingerprint density at radius 1 is 1.07 bits per heavy atom. The number of hydrogen-bond donors (Lipinski definition) is 3. The maximum absolute atomic E-state index is 13.5. The van der Waals surface area contributed by atoms with Gasteiger partial charge in [0, 0.05) is 45.7 Å². The van der Waals surface area contributed by atoms with Crippen LogP contribution in [-0.2, 0) is 42.7 Å². The molecule has 0 radical (unpaired) electrons. The van der Waals surface area contributed by atoms with Crippen molar-refractivity contribution in [2.45, 2.75) is 134 Å². The zero-order chi connectivity index (χ0) is 32.7. The van der Waals surface area contributed by atoms with E-state index in [-0.39, 0.29) is 43.0 Å². The van der Waals surface area contributed by atoms with Crippen LogP contribution in [0.3, 0.4) is 0 Å². The van der Waals surface area contributed by atoms with Crippen LogP contribution in [0.5, 0.6) is 0 Å². The van der Waals surface area contributed by atoms with Crippen LogP contribution in [0.2, 0.25) is 0 Å². The van der Waals surface area contributed by atoms with Crippen molar-refractivity contribution in [2.24, 2.45) is 17.3 Å². The van der Waals surface area contributed by atoms with Gasteiger partial charge in [0.05, 0.1) is 24.4 Å². The van der Waals surface area contributed by atoms with E-state index in [0.29, 0.717) is 12.8 Å². The summed E-state index contributed by atoms with van der Waals surface area (Å²) in [5, 5.41) is 22.8. The van der Waals surface area contributed by atoms with E-state index in [2.05, 4.69) is 33.0 Å². The first-order chi connectivity index (χ1) is 20.8. The zero-order valence-corrected chi connectivity index (χ0v) is 27.7. The van der Waals surface area contributed by atoms with Gasteiger partial charge in [0.2, 0.25) is 5.79 Å². The van der Waals surface area contributed by atoms with Crippen molar-refractivity contribution >= 4 is 11.9 Å². The van der Waals surface area contributed by atoms with Crippen LogP contribution in [0.15, 0.2) is 12.2 Å². The Morgan fingerprint density at radius 2 is 1.80 bits per heavy atom. The third-order valence-electron chi connectivity index (χ3n) is 9.96. The minimum Gasteiger partial charge on any atom is -0.478 e. The summed E-state index contributed by atoms with van der Waals surface area (Å²) in [6, 6.07) is 0. The fraction of sp³-hybridized carbons (Fsp3) is 0.875. The monoisotopic (exact) mass is 629 g/mol. The van der Waals surface area contributed by atoms with Gasteiger partial charge >= 0.3 is 5.97 Å². The van der Waals surface area contributed by atoms with E-state index in [1.165, 1.54) is 13.2 Å². The molecular weight excluding hydrogens is 574 g/mol. The lowest BCUT2D eigenvalue weighted by Crippen LogP contribution is -2.69. The lowest BCUT2D eigenvalue weighted by molar-refractivity contribution is -0.334. The Hall–Kier alpha value is -1.64. The third-order valence-corrected chi connectivity index (χ3v) is 9.96. The number of carbonyl (C=O) groups is 2. The molecular formula is C32H55NO11. The van der Waals surface area contributed by atoms with Crippen LogP contribution in [0.1, 0.15) is 79.6 Å². The van der Waals surface area contributed by atoms with E-state index in [4.69, 9.17) is 38.3 Å². The number of amides is 1. The fourth-order valence-corrected chi connectivity index (χ4v) is 6.83.